The molecule has 0 amide bonds. The molecule has 5 rings (SSSR count). The number of benzene rings is 2. The predicted molar refractivity (Wildman–Crippen MR) is 106 cm³/mol. The van der Waals surface area contributed by atoms with Crippen molar-refractivity contribution in [2.24, 2.45) is 0 Å². The molecular formula is C21H19N5. The molecule has 0 unspecified atom stereocenters. The van der Waals surface area contributed by atoms with Crippen LogP contribution in [0, 0.1) is 0 Å². The first-order chi connectivity index (χ1) is 12.9. The minimum atomic E-state index is 0.991. The molecule has 2 aromatic heterocycles. The lowest BCUT2D eigenvalue weighted by Gasteiger charge is -2.37. The van der Waals surface area contributed by atoms with Crippen LogP contribution in [0.1, 0.15) is 0 Å². The molecular weight excluding hydrogens is 322 g/mol. The van der Waals surface area contributed by atoms with Gasteiger partial charge in [-0.3, -0.25) is 4.98 Å². The largest absolute Gasteiger partial charge is 0.368 e. The maximum Gasteiger partial charge on any atom is 0.116 e. The Kier molecular flexibility index (Phi) is 3.63. The molecule has 1 aliphatic heterocycles. The summed E-state index contributed by atoms with van der Waals surface area (Å²) in [6.45, 7) is 3.99. The summed E-state index contributed by atoms with van der Waals surface area (Å²) in [6.07, 6.45) is 5.39. The molecule has 0 bridgehead atoms. The molecule has 0 atom stereocenters. The van der Waals surface area contributed by atoms with Crippen molar-refractivity contribution in [1.29, 1.82) is 0 Å². The quantitative estimate of drug-likeness (QED) is 0.558. The van der Waals surface area contributed by atoms with E-state index in [1.807, 2.05) is 18.5 Å². The molecule has 3 heterocycles. The monoisotopic (exact) mass is 341 g/mol. The van der Waals surface area contributed by atoms with Crippen molar-refractivity contribution in [3.8, 4) is 0 Å². The first-order valence-corrected chi connectivity index (χ1v) is 8.92. The molecule has 1 saturated heterocycles. The van der Waals surface area contributed by atoms with E-state index < -0.39 is 0 Å². The van der Waals surface area contributed by atoms with Crippen molar-refractivity contribution in [3.05, 3.63) is 67.3 Å². The van der Waals surface area contributed by atoms with E-state index >= 15 is 0 Å². The predicted octanol–water partition coefficient (Wildman–Crippen LogP) is 3.50. The van der Waals surface area contributed by atoms with Crippen LogP contribution >= 0.6 is 0 Å². The molecule has 2 aromatic carbocycles. The summed E-state index contributed by atoms with van der Waals surface area (Å²) in [4.78, 5) is 17.8. The number of pyridine rings is 1. The van der Waals surface area contributed by atoms with Crippen LogP contribution in [0.3, 0.4) is 0 Å². The van der Waals surface area contributed by atoms with E-state index in [-0.39, 0.29) is 0 Å². The van der Waals surface area contributed by atoms with Gasteiger partial charge in [0.05, 0.1) is 11.0 Å². The molecule has 26 heavy (non-hydrogen) atoms. The van der Waals surface area contributed by atoms with Crippen LogP contribution < -0.4 is 9.80 Å². The maximum atomic E-state index is 4.48. The Bertz CT molecular complexity index is 1060. The summed E-state index contributed by atoms with van der Waals surface area (Å²) in [5, 5.41) is 2.32. The number of piperazine rings is 1. The summed E-state index contributed by atoms with van der Waals surface area (Å²) in [6, 6.07) is 16.9. The Morgan fingerprint density at radius 1 is 0.769 bits per heavy atom. The second kappa shape index (κ2) is 6.26. The maximum absolute atomic E-state index is 4.48. The zero-order valence-corrected chi connectivity index (χ0v) is 14.4. The van der Waals surface area contributed by atoms with E-state index in [0.29, 0.717) is 0 Å². The Balaban J connectivity index is 1.38. The number of nitrogens with zero attached hydrogens (tertiary/aromatic N) is 5. The van der Waals surface area contributed by atoms with Crippen molar-refractivity contribution in [2.75, 3.05) is 36.0 Å². The number of hydrogen-bond acceptors (Lipinski definition) is 5. The number of hydrogen-bond donors (Lipinski definition) is 0. The molecule has 0 radical (unpaired) electrons. The minimum Gasteiger partial charge on any atom is -0.368 e. The number of rotatable bonds is 2. The SMILES string of the molecule is c1ccc2c(N3CCN(c4ccc5ncncc5c4)CC3)ccnc2c1. The zero-order valence-electron chi connectivity index (χ0n) is 14.4. The van der Waals surface area contributed by atoms with Crippen LogP contribution in [0.25, 0.3) is 21.8 Å². The summed E-state index contributed by atoms with van der Waals surface area (Å²) in [7, 11) is 0. The number of para-hydroxylation sites is 1. The van der Waals surface area contributed by atoms with Crippen molar-refractivity contribution < 1.29 is 0 Å². The van der Waals surface area contributed by atoms with Crippen LogP contribution in [0.15, 0.2) is 67.3 Å². The van der Waals surface area contributed by atoms with Gasteiger partial charge in [0.1, 0.15) is 6.33 Å². The van der Waals surface area contributed by atoms with Crippen molar-refractivity contribution in [2.45, 2.75) is 0 Å². The fourth-order valence-corrected chi connectivity index (χ4v) is 3.73. The van der Waals surface area contributed by atoms with E-state index in [2.05, 4.69) is 67.2 Å². The highest BCUT2D eigenvalue weighted by molar-refractivity contribution is 5.91. The first kappa shape index (κ1) is 15.1. The molecule has 4 aromatic rings. The Morgan fingerprint density at radius 3 is 2.54 bits per heavy atom. The van der Waals surface area contributed by atoms with Gasteiger partial charge >= 0.3 is 0 Å². The molecule has 1 fully saturated rings. The van der Waals surface area contributed by atoms with Gasteiger partial charge in [-0.2, -0.15) is 0 Å². The van der Waals surface area contributed by atoms with Crippen LogP contribution in [-0.2, 0) is 0 Å². The second-order valence-corrected chi connectivity index (χ2v) is 6.59. The molecule has 0 saturated carbocycles. The third kappa shape index (κ3) is 2.62. The number of aromatic nitrogens is 3. The fourth-order valence-electron chi connectivity index (χ4n) is 3.73. The lowest BCUT2D eigenvalue weighted by molar-refractivity contribution is 0.655. The minimum absolute atomic E-state index is 0.991. The van der Waals surface area contributed by atoms with E-state index in [1.165, 1.54) is 16.8 Å². The molecule has 0 aliphatic carbocycles. The average molecular weight is 341 g/mol. The molecule has 128 valence electrons. The summed E-state index contributed by atoms with van der Waals surface area (Å²) in [5.74, 6) is 0. The zero-order chi connectivity index (χ0) is 17.3. The van der Waals surface area contributed by atoms with Crippen molar-refractivity contribution in [1.82, 2.24) is 15.0 Å². The summed E-state index contributed by atoms with van der Waals surface area (Å²) < 4.78 is 0. The van der Waals surface area contributed by atoms with Gasteiger partial charge in [0, 0.05) is 60.7 Å². The van der Waals surface area contributed by atoms with Gasteiger partial charge in [-0.25, -0.2) is 9.97 Å². The normalized spacial score (nSPS) is 14.9. The van der Waals surface area contributed by atoms with Gasteiger partial charge in [0.2, 0.25) is 0 Å². The van der Waals surface area contributed by atoms with Gasteiger partial charge in [0.15, 0.2) is 0 Å². The fraction of sp³-hybridized carbons (Fsp3) is 0.190. The topological polar surface area (TPSA) is 45.2 Å². The molecule has 5 heteroatoms. The van der Waals surface area contributed by atoms with Gasteiger partial charge in [-0.15, -0.1) is 0 Å². The third-order valence-electron chi connectivity index (χ3n) is 5.10. The Morgan fingerprint density at radius 2 is 1.62 bits per heavy atom. The van der Waals surface area contributed by atoms with E-state index in [9.17, 15) is 0 Å². The molecule has 0 N–H and O–H groups in total. The van der Waals surface area contributed by atoms with Crippen LogP contribution in [0.2, 0.25) is 0 Å². The highest BCUT2D eigenvalue weighted by atomic mass is 15.3. The lowest BCUT2D eigenvalue weighted by Crippen LogP contribution is -2.46. The van der Waals surface area contributed by atoms with Gasteiger partial charge < -0.3 is 9.80 Å². The highest BCUT2D eigenvalue weighted by Gasteiger charge is 2.19. The van der Waals surface area contributed by atoms with Gasteiger partial charge in [0.25, 0.3) is 0 Å². The second-order valence-electron chi connectivity index (χ2n) is 6.59. The Labute approximate surface area is 151 Å². The smallest absolute Gasteiger partial charge is 0.116 e. The lowest BCUT2D eigenvalue weighted by atomic mass is 10.1. The van der Waals surface area contributed by atoms with Crippen LogP contribution in [0.5, 0.6) is 0 Å². The Hall–Kier alpha value is -3.21. The number of anilines is 2. The first-order valence-electron chi connectivity index (χ1n) is 8.92. The number of fused-ring (bicyclic) bond motifs is 2. The van der Waals surface area contributed by atoms with Gasteiger partial charge in [-0.05, 0) is 30.3 Å². The van der Waals surface area contributed by atoms with Crippen LogP contribution in [-0.4, -0.2) is 41.1 Å². The van der Waals surface area contributed by atoms with E-state index in [1.54, 1.807) is 6.33 Å². The molecule has 0 spiro atoms. The highest BCUT2D eigenvalue weighted by Crippen LogP contribution is 2.27. The van der Waals surface area contributed by atoms with Crippen LogP contribution in [0.4, 0.5) is 11.4 Å². The van der Waals surface area contributed by atoms with Crippen molar-refractivity contribution >= 4 is 33.2 Å². The summed E-state index contributed by atoms with van der Waals surface area (Å²) in [5.41, 5.74) is 4.57. The van der Waals surface area contributed by atoms with Gasteiger partial charge in [-0.1, -0.05) is 18.2 Å². The third-order valence-corrected chi connectivity index (χ3v) is 5.10. The van der Waals surface area contributed by atoms with E-state index in [4.69, 9.17) is 0 Å². The summed E-state index contributed by atoms with van der Waals surface area (Å²) >= 11 is 0. The van der Waals surface area contributed by atoms with Crippen molar-refractivity contribution in [3.63, 3.8) is 0 Å². The molecule has 5 nitrogen and oxygen atoms in total. The standard InChI is InChI=1S/C21H19N5/c1-2-4-20-18(3-1)21(7-8-23-20)26-11-9-25(10-12-26)17-5-6-19-16(13-17)14-22-15-24-19/h1-8,13-15H,9-12H2. The molecule has 1 aliphatic rings. The van der Waals surface area contributed by atoms with E-state index in [0.717, 1.165) is 42.6 Å². The average Bonchev–Trinajstić information content (AvgIpc) is 2.73.